The molecule has 4 rings (SSSR count). The molecule has 1 amide bonds. The Morgan fingerprint density at radius 1 is 1.21 bits per heavy atom. The molecule has 122 valence electrons. The molecule has 1 aliphatic heterocycles. The third-order valence-electron chi connectivity index (χ3n) is 4.62. The number of imidazole rings is 1. The smallest absolute Gasteiger partial charge is 0.223 e. The maximum atomic E-state index is 12.0. The number of likely N-dealkylation sites (N-methyl/N-ethyl adjacent to an activating group) is 1. The van der Waals surface area contributed by atoms with E-state index in [4.69, 9.17) is 16.6 Å². The molecule has 1 saturated heterocycles. The maximum Gasteiger partial charge on any atom is 0.223 e. The molecule has 0 N–H and O–H groups in total. The minimum Gasteiger partial charge on any atom is -0.345 e. The third-order valence-corrected chi connectivity index (χ3v) is 4.86. The van der Waals surface area contributed by atoms with Gasteiger partial charge < -0.3 is 9.47 Å². The molecular formula is C19H18ClN3O. The normalized spacial score (nSPS) is 17.8. The molecule has 24 heavy (non-hydrogen) atoms. The van der Waals surface area contributed by atoms with Gasteiger partial charge in [0.15, 0.2) is 0 Å². The molecule has 2 heterocycles. The number of carbonyl (C=O) groups is 1. The summed E-state index contributed by atoms with van der Waals surface area (Å²) >= 11 is 6.13. The second kappa shape index (κ2) is 5.95. The number of fused-ring (bicyclic) bond motifs is 1. The molecule has 0 aliphatic carbocycles. The second-order valence-corrected chi connectivity index (χ2v) is 6.79. The van der Waals surface area contributed by atoms with Crippen molar-refractivity contribution >= 4 is 28.5 Å². The number of hydrogen-bond acceptors (Lipinski definition) is 2. The average molecular weight is 340 g/mol. The summed E-state index contributed by atoms with van der Waals surface area (Å²) in [7, 11) is 1.85. The Kier molecular flexibility index (Phi) is 3.77. The maximum absolute atomic E-state index is 12.0. The second-order valence-electron chi connectivity index (χ2n) is 6.35. The number of likely N-dealkylation sites (tertiary alicyclic amines) is 1. The van der Waals surface area contributed by atoms with Gasteiger partial charge in [0.2, 0.25) is 5.91 Å². The van der Waals surface area contributed by atoms with Crippen LogP contribution in [0.2, 0.25) is 5.02 Å². The standard InChI is InChI=1S/C19H18ClN3O/c1-22-12-14(10-18(22)24)19-21-16-7-2-3-8-17(16)23(19)11-13-5-4-6-15(20)9-13/h2-9,14H,10-12H2,1H3/t14-/m1/s1. The minimum absolute atomic E-state index is 0.133. The predicted octanol–water partition coefficient (Wildman–Crippen LogP) is 3.68. The number of benzene rings is 2. The van der Waals surface area contributed by atoms with Gasteiger partial charge in [-0.3, -0.25) is 4.79 Å². The van der Waals surface area contributed by atoms with Crippen LogP contribution in [0.3, 0.4) is 0 Å². The van der Waals surface area contributed by atoms with Gasteiger partial charge in [-0.25, -0.2) is 4.98 Å². The zero-order valence-corrected chi connectivity index (χ0v) is 14.2. The largest absolute Gasteiger partial charge is 0.345 e. The van der Waals surface area contributed by atoms with E-state index in [9.17, 15) is 4.79 Å². The van der Waals surface area contributed by atoms with Gasteiger partial charge >= 0.3 is 0 Å². The topological polar surface area (TPSA) is 38.1 Å². The van der Waals surface area contributed by atoms with Gasteiger partial charge in [0.05, 0.1) is 11.0 Å². The Balaban J connectivity index is 1.80. The molecule has 5 heteroatoms. The Labute approximate surface area is 145 Å². The van der Waals surface area contributed by atoms with Crippen molar-refractivity contribution in [1.29, 1.82) is 0 Å². The lowest BCUT2D eigenvalue weighted by Crippen LogP contribution is -2.19. The fourth-order valence-corrected chi connectivity index (χ4v) is 3.64. The molecule has 4 nitrogen and oxygen atoms in total. The highest BCUT2D eigenvalue weighted by molar-refractivity contribution is 6.30. The van der Waals surface area contributed by atoms with Gasteiger partial charge in [0.1, 0.15) is 5.82 Å². The molecule has 0 bridgehead atoms. The Bertz CT molecular complexity index is 918. The number of amides is 1. The molecule has 1 atom stereocenters. The SMILES string of the molecule is CN1C[C@H](c2nc3ccccc3n2Cc2cccc(Cl)c2)CC1=O. The van der Waals surface area contributed by atoms with E-state index in [0.29, 0.717) is 13.0 Å². The van der Waals surface area contributed by atoms with Crippen LogP contribution in [-0.4, -0.2) is 34.0 Å². The highest BCUT2D eigenvalue weighted by atomic mass is 35.5. The molecule has 3 aromatic rings. The highest BCUT2D eigenvalue weighted by Gasteiger charge is 2.31. The summed E-state index contributed by atoms with van der Waals surface area (Å²) in [4.78, 5) is 18.6. The molecule has 0 saturated carbocycles. The van der Waals surface area contributed by atoms with Crippen LogP contribution in [0.4, 0.5) is 0 Å². The number of carbonyl (C=O) groups excluding carboxylic acids is 1. The minimum atomic E-state index is 0.133. The Morgan fingerprint density at radius 3 is 2.79 bits per heavy atom. The quantitative estimate of drug-likeness (QED) is 0.730. The number of para-hydroxylation sites is 2. The van der Waals surface area contributed by atoms with Gasteiger partial charge in [0.25, 0.3) is 0 Å². The van der Waals surface area contributed by atoms with E-state index >= 15 is 0 Å². The third kappa shape index (κ3) is 2.67. The van der Waals surface area contributed by atoms with Crippen molar-refractivity contribution in [3.8, 4) is 0 Å². The fourth-order valence-electron chi connectivity index (χ4n) is 3.43. The molecule has 1 aliphatic rings. The summed E-state index contributed by atoms with van der Waals surface area (Å²) in [5, 5.41) is 0.731. The Morgan fingerprint density at radius 2 is 2.04 bits per heavy atom. The zero-order chi connectivity index (χ0) is 16.7. The molecular weight excluding hydrogens is 322 g/mol. The van der Waals surface area contributed by atoms with Gasteiger partial charge in [-0.15, -0.1) is 0 Å². The van der Waals surface area contributed by atoms with Gasteiger partial charge in [0, 0.05) is 37.5 Å². The zero-order valence-electron chi connectivity index (χ0n) is 13.4. The van der Waals surface area contributed by atoms with Crippen molar-refractivity contribution in [2.75, 3.05) is 13.6 Å². The van der Waals surface area contributed by atoms with Crippen LogP contribution in [0.15, 0.2) is 48.5 Å². The van der Waals surface area contributed by atoms with E-state index in [1.807, 2.05) is 43.4 Å². The summed E-state index contributed by atoms with van der Waals surface area (Å²) in [5.41, 5.74) is 3.19. The highest BCUT2D eigenvalue weighted by Crippen LogP contribution is 2.30. The first-order valence-corrected chi connectivity index (χ1v) is 8.43. The molecule has 0 unspecified atom stereocenters. The number of hydrogen-bond donors (Lipinski definition) is 0. The molecule has 1 aromatic heterocycles. The van der Waals surface area contributed by atoms with Gasteiger partial charge in [-0.1, -0.05) is 35.9 Å². The number of rotatable bonds is 3. The van der Waals surface area contributed by atoms with E-state index < -0.39 is 0 Å². The van der Waals surface area contributed by atoms with E-state index in [1.54, 1.807) is 4.90 Å². The number of aromatic nitrogens is 2. The van der Waals surface area contributed by atoms with Crippen LogP contribution < -0.4 is 0 Å². The first-order valence-electron chi connectivity index (χ1n) is 8.05. The predicted molar refractivity (Wildman–Crippen MR) is 95.3 cm³/mol. The lowest BCUT2D eigenvalue weighted by atomic mass is 10.1. The van der Waals surface area contributed by atoms with Gasteiger partial charge in [-0.05, 0) is 29.8 Å². The van der Waals surface area contributed by atoms with Crippen molar-refractivity contribution in [3.63, 3.8) is 0 Å². The number of halogens is 1. The van der Waals surface area contributed by atoms with Gasteiger partial charge in [-0.2, -0.15) is 0 Å². The van der Waals surface area contributed by atoms with Crippen LogP contribution in [0.5, 0.6) is 0 Å². The van der Waals surface area contributed by atoms with Crippen LogP contribution in [0, 0.1) is 0 Å². The van der Waals surface area contributed by atoms with E-state index in [2.05, 4.69) is 16.7 Å². The number of nitrogens with zero attached hydrogens (tertiary/aromatic N) is 3. The van der Waals surface area contributed by atoms with Crippen LogP contribution in [-0.2, 0) is 11.3 Å². The summed E-state index contributed by atoms with van der Waals surface area (Å²) in [6, 6.07) is 16.0. The van der Waals surface area contributed by atoms with Crippen LogP contribution in [0.25, 0.3) is 11.0 Å². The molecule has 2 aromatic carbocycles. The monoisotopic (exact) mass is 339 g/mol. The summed E-state index contributed by atoms with van der Waals surface area (Å²) < 4.78 is 2.22. The summed E-state index contributed by atoms with van der Waals surface area (Å²) in [6.07, 6.45) is 0.523. The Hall–Kier alpha value is -2.33. The summed E-state index contributed by atoms with van der Waals surface area (Å²) in [6.45, 7) is 1.42. The van der Waals surface area contributed by atoms with Crippen molar-refractivity contribution < 1.29 is 4.79 Å². The van der Waals surface area contributed by atoms with Crippen molar-refractivity contribution in [1.82, 2.24) is 14.5 Å². The van der Waals surface area contributed by atoms with E-state index in [0.717, 1.165) is 34.0 Å². The van der Waals surface area contributed by atoms with Crippen LogP contribution in [0.1, 0.15) is 23.7 Å². The lowest BCUT2D eigenvalue weighted by Gasteiger charge is -2.14. The van der Waals surface area contributed by atoms with E-state index in [-0.39, 0.29) is 11.8 Å². The van der Waals surface area contributed by atoms with Crippen molar-refractivity contribution in [2.45, 2.75) is 18.9 Å². The van der Waals surface area contributed by atoms with Crippen LogP contribution >= 0.6 is 11.6 Å². The molecule has 0 spiro atoms. The summed E-state index contributed by atoms with van der Waals surface area (Å²) in [5.74, 6) is 1.30. The first-order chi connectivity index (χ1) is 11.6. The van der Waals surface area contributed by atoms with E-state index in [1.165, 1.54) is 0 Å². The average Bonchev–Trinajstić information content (AvgIpc) is 3.09. The van der Waals surface area contributed by atoms with Crippen molar-refractivity contribution in [2.24, 2.45) is 0 Å². The van der Waals surface area contributed by atoms with Crippen molar-refractivity contribution in [3.05, 3.63) is 64.9 Å². The molecule has 0 radical (unpaired) electrons. The molecule has 1 fully saturated rings. The first kappa shape index (κ1) is 15.2. The lowest BCUT2D eigenvalue weighted by molar-refractivity contribution is -0.126. The fraction of sp³-hybridized carbons (Fsp3) is 0.263.